The quantitative estimate of drug-likeness (QED) is 0.668. The lowest BCUT2D eigenvalue weighted by Gasteiger charge is -2.10. The average Bonchev–Trinajstić information content (AvgIpc) is 2.41. The van der Waals surface area contributed by atoms with Gasteiger partial charge in [-0.25, -0.2) is 4.98 Å². The fourth-order valence-electron chi connectivity index (χ4n) is 1.59. The van der Waals surface area contributed by atoms with Crippen molar-refractivity contribution in [3.63, 3.8) is 0 Å². The van der Waals surface area contributed by atoms with Crippen LogP contribution < -0.4 is 15.8 Å². The van der Waals surface area contributed by atoms with Crippen molar-refractivity contribution < 1.29 is 9.53 Å². The van der Waals surface area contributed by atoms with Gasteiger partial charge in [0.05, 0.1) is 24.0 Å². The minimum atomic E-state index is -0.369. The molecule has 6 heteroatoms. The maximum absolute atomic E-state index is 12.1. The highest BCUT2D eigenvalue weighted by Gasteiger charge is 2.14. The topological polar surface area (TPSA) is 77.2 Å². The lowest BCUT2D eigenvalue weighted by Crippen LogP contribution is -2.15. The molecule has 1 heterocycles. The minimum Gasteiger partial charge on any atom is -0.495 e. The molecular weight excluding hydrogens is 266 g/mol. The number of carbonyl (C=O) groups is 1. The van der Waals surface area contributed by atoms with Crippen LogP contribution in [0.1, 0.15) is 10.4 Å². The van der Waals surface area contributed by atoms with Gasteiger partial charge in [0.2, 0.25) is 0 Å². The molecule has 0 aliphatic rings. The Labute approximate surface area is 115 Å². The summed E-state index contributed by atoms with van der Waals surface area (Å²) in [6.07, 6.45) is 1.54. The SMILES string of the molecule is COc1cccc(C(=O)Nc2cccnc2Cl)c1N. The molecule has 5 nitrogen and oxygen atoms in total. The molecule has 0 spiro atoms. The number of ether oxygens (including phenoxy) is 1. The number of anilines is 2. The summed E-state index contributed by atoms with van der Waals surface area (Å²) in [6.45, 7) is 0. The van der Waals surface area contributed by atoms with Gasteiger partial charge in [-0.15, -0.1) is 0 Å². The molecule has 1 aromatic heterocycles. The molecule has 2 rings (SSSR count). The molecule has 0 atom stereocenters. The molecule has 0 fully saturated rings. The fraction of sp³-hybridized carbons (Fsp3) is 0.0769. The van der Waals surface area contributed by atoms with Crippen LogP contribution in [0, 0.1) is 0 Å². The summed E-state index contributed by atoms with van der Waals surface area (Å²) in [5.41, 5.74) is 6.88. The standard InChI is InChI=1S/C13H12ClN3O2/c1-19-10-6-2-4-8(11(10)15)13(18)17-9-5-3-7-16-12(9)14/h2-7H,15H2,1H3,(H,17,18). The van der Waals surface area contributed by atoms with Crippen molar-refractivity contribution in [2.24, 2.45) is 0 Å². The maximum atomic E-state index is 12.1. The van der Waals surface area contributed by atoms with Gasteiger partial charge in [0.25, 0.3) is 5.91 Å². The van der Waals surface area contributed by atoms with Crippen LogP contribution in [0.25, 0.3) is 0 Å². The van der Waals surface area contributed by atoms with Crippen molar-refractivity contribution >= 4 is 28.9 Å². The van der Waals surface area contributed by atoms with Gasteiger partial charge in [-0.1, -0.05) is 17.7 Å². The number of hydrogen-bond acceptors (Lipinski definition) is 4. The van der Waals surface area contributed by atoms with Gasteiger partial charge in [-0.3, -0.25) is 4.79 Å². The largest absolute Gasteiger partial charge is 0.495 e. The number of nitrogens with one attached hydrogen (secondary N) is 1. The fourth-order valence-corrected chi connectivity index (χ4v) is 1.76. The van der Waals surface area contributed by atoms with Crippen molar-refractivity contribution in [1.82, 2.24) is 4.98 Å². The Morgan fingerprint density at radius 3 is 2.84 bits per heavy atom. The first-order chi connectivity index (χ1) is 9.13. The second-order valence-electron chi connectivity index (χ2n) is 3.72. The van der Waals surface area contributed by atoms with Crippen LogP contribution >= 0.6 is 11.6 Å². The maximum Gasteiger partial charge on any atom is 0.257 e. The molecule has 2 aromatic rings. The average molecular weight is 278 g/mol. The predicted molar refractivity (Wildman–Crippen MR) is 74.6 cm³/mol. The first-order valence-electron chi connectivity index (χ1n) is 5.48. The number of benzene rings is 1. The molecule has 0 aliphatic carbocycles. The highest BCUT2D eigenvalue weighted by atomic mass is 35.5. The van der Waals surface area contributed by atoms with E-state index in [1.807, 2.05) is 0 Å². The van der Waals surface area contributed by atoms with Crippen LogP contribution in [0.5, 0.6) is 5.75 Å². The van der Waals surface area contributed by atoms with E-state index in [0.29, 0.717) is 17.0 Å². The van der Waals surface area contributed by atoms with E-state index in [4.69, 9.17) is 22.1 Å². The lowest BCUT2D eigenvalue weighted by atomic mass is 10.1. The second kappa shape index (κ2) is 5.58. The van der Waals surface area contributed by atoms with Crippen LogP contribution in [-0.4, -0.2) is 18.0 Å². The molecule has 98 valence electrons. The number of para-hydroxylation sites is 1. The third-order valence-electron chi connectivity index (χ3n) is 2.54. The zero-order chi connectivity index (χ0) is 13.8. The summed E-state index contributed by atoms with van der Waals surface area (Å²) in [7, 11) is 1.49. The van der Waals surface area contributed by atoms with E-state index < -0.39 is 0 Å². The van der Waals surface area contributed by atoms with E-state index in [-0.39, 0.29) is 16.7 Å². The normalized spacial score (nSPS) is 10.0. The number of halogens is 1. The van der Waals surface area contributed by atoms with E-state index in [9.17, 15) is 4.79 Å². The number of nitrogens with zero attached hydrogens (tertiary/aromatic N) is 1. The summed E-state index contributed by atoms with van der Waals surface area (Å²) in [4.78, 5) is 16.0. The predicted octanol–water partition coefficient (Wildman–Crippen LogP) is 2.58. The van der Waals surface area contributed by atoms with Gasteiger partial charge < -0.3 is 15.8 Å². The number of methoxy groups -OCH3 is 1. The van der Waals surface area contributed by atoms with Crippen molar-refractivity contribution in [2.45, 2.75) is 0 Å². The lowest BCUT2D eigenvalue weighted by molar-refractivity contribution is 0.102. The molecule has 0 bridgehead atoms. The van der Waals surface area contributed by atoms with Crippen LogP contribution in [0.3, 0.4) is 0 Å². The highest BCUT2D eigenvalue weighted by molar-refractivity contribution is 6.32. The van der Waals surface area contributed by atoms with Gasteiger partial charge in [-0.05, 0) is 24.3 Å². The molecule has 3 N–H and O–H groups in total. The molecular formula is C13H12ClN3O2. The minimum absolute atomic E-state index is 0.220. The summed E-state index contributed by atoms with van der Waals surface area (Å²) < 4.78 is 5.07. The first-order valence-corrected chi connectivity index (χ1v) is 5.85. The van der Waals surface area contributed by atoms with Crippen molar-refractivity contribution in [3.05, 3.63) is 47.2 Å². The smallest absolute Gasteiger partial charge is 0.257 e. The molecule has 0 saturated carbocycles. The van der Waals surface area contributed by atoms with Gasteiger partial charge in [0, 0.05) is 6.20 Å². The van der Waals surface area contributed by atoms with Crippen molar-refractivity contribution in [2.75, 3.05) is 18.2 Å². The Morgan fingerprint density at radius 1 is 1.37 bits per heavy atom. The Kier molecular flexibility index (Phi) is 3.87. The number of rotatable bonds is 3. The number of aromatic nitrogens is 1. The Morgan fingerprint density at radius 2 is 2.16 bits per heavy atom. The molecule has 0 saturated heterocycles. The third-order valence-corrected chi connectivity index (χ3v) is 2.84. The zero-order valence-corrected chi connectivity index (χ0v) is 10.9. The molecule has 0 aliphatic heterocycles. The molecule has 1 aromatic carbocycles. The molecule has 19 heavy (non-hydrogen) atoms. The Balaban J connectivity index is 2.28. The van der Waals surface area contributed by atoms with Crippen LogP contribution in [0.15, 0.2) is 36.5 Å². The summed E-state index contributed by atoms with van der Waals surface area (Å²) in [5, 5.41) is 2.87. The monoisotopic (exact) mass is 277 g/mol. The Hall–Kier alpha value is -2.27. The number of pyridine rings is 1. The van der Waals surface area contributed by atoms with Gasteiger partial charge in [0.1, 0.15) is 5.75 Å². The van der Waals surface area contributed by atoms with E-state index >= 15 is 0 Å². The van der Waals surface area contributed by atoms with Gasteiger partial charge >= 0.3 is 0 Å². The molecule has 0 unspecified atom stereocenters. The molecule has 0 radical (unpaired) electrons. The summed E-state index contributed by atoms with van der Waals surface area (Å²) in [6, 6.07) is 8.32. The number of hydrogen-bond donors (Lipinski definition) is 2. The summed E-state index contributed by atoms with van der Waals surface area (Å²) in [5.74, 6) is 0.0798. The van der Waals surface area contributed by atoms with E-state index in [1.54, 1.807) is 30.3 Å². The van der Waals surface area contributed by atoms with Gasteiger partial charge in [-0.2, -0.15) is 0 Å². The third kappa shape index (κ3) is 2.77. The number of amides is 1. The molecule has 1 amide bonds. The van der Waals surface area contributed by atoms with Crippen LogP contribution in [0.4, 0.5) is 11.4 Å². The van der Waals surface area contributed by atoms with Gasteiger partial charge in [0.15, 0.2) is 5.15 Å². The van der Waals surface area contributed by atoms with Crippen molar-refractivity contribution in [3.8, 4) is 5.75 Å². The summed E-state index contributed by atoms with van der Waals surface area (Å²) >= 11 is 5.87. The van der Waals surface area contributed by atoms with E-state index in [0.717, 1.165) is 0 Å². The second-order valence-corrected chi connectivity index (χ2v) is 4.08. The van der Waals surface area contributed by atoms with Crippen LogP contribution in [-0.2, 0) is 0 Å². The number of nitrogen functional groups attached to an aromatic ring is 1. The number of nitrogens with two attached hydrogens (primary N) is 1. The first kappa shape index (κ1) is 13.2. The highest BCUT2D eigenvalue weighted by Crippen LogP contribution is 2.26. The van der Waals surface area contributed by atoms with E-state index in [1.165, 1.54) is 13.3 Å². The Bertz CT molecular complexity index is 617. The number of carbonyl (C=O) groups excluding carboxylic acids is 1. The van der Waals surface area contributed by atoms with E-state index in [2.05, 4.69) is 10.3 Å². The van der Waals surface area contributed by atoms with Crippen molar-refractivity contribution in [1.29, 1.82) is 0 Å². The zero-order valence-electron chi connectivity index (χ0n) is 10.2. The van der Waals surface area contributed by atoms with Crippen LogP contribution in [0.2, 0.25) is 5.15 Å².